The van der Waals surface area contributed by atoms with Crippen molar-refractivity contribution >= 4 is 21.6 Å². The Bertz CT molecular complexity index is 680. The molecule has 2 rings (SSSR count). The summed E-state index contributed by atoms with van der Waals surface area (Å²) in [6.07, 6.45) is -0.554. The molecule has 6 nitrogen and oxygen atoms in total. The van der Waals surface area contributed by atoms with E-state index in [1.165, 1.54) is 11.3 Å². The Balaban J connectivity index is 2.18. The molecule has 0 saturated heterocycles. The Hall–Kier alpha value is -1.28. The normalized spacial score (nSPS) is 13.2. The fourth-order valence-electron chi connectivity index (χ4n) is 2.30. The number of rotatable bonds is 6. The van der Waals surface area contributed by atoms with Gasteiger partial charge in [0.15, 0.2) is 0 Å². The highest BCUT2D eigenvalue weighted by atomic mass is 32.1. The Morgan fingerprint density at radius 1 is 1.48 bits per heavy atom. The van der Waals surface area contributed by atoms with Gasteiger partial charge in [0.25, 0.3) is 5.56 Å². The summed E-state index contributed by atoms with van der Waals surface area (Å²) in [6, 6.07) is 0. The van der Waals surface area contributed by atoms with Crippen molar-refractivity contribution in [1.29, 1.82) is 0 Å². The number of nitrogens with one attached hydrogen (secondary N) is 1. The highest BCUT2D eigenvalue weighted by molar-refractivity contribution is 7.18. The maximum absolute atomic E-state index is 12.2. The summed E-state index contributed by atoms with van der Waals surface area (Å²) >= 11 is 1.54. The Labute approximate surface area is 127 Å². The zero-order valence-electron chi connectivity index (χ0n) is 12.8. The lowest BCUT2D eigenvalue weighted by atomic mass is 10.2. The van der Waals surface area contributed by atoms with Crippen LogP contribution in [0.15, 0.2) is 4.79 Å². The van der Waals surface area contributed by atoms with Gasteiger partial charge in [-0.2, -0.15) is 0 Å². The average Bonchev–Trinajstić information content (AvgIpc) is 2.64. The summed E-state index contributed by atoms with van der Waals surface area (Å²) < 4.78 is 4.90. The zero-order valence-corrected chi connectivity index (χ0v) is 13.6. The number of nitrogens with zero attached hydrogens (tertiary/aromatic N) is 2. The van der Waals surface area contributed by atoms with Crippen molar-refractivity contribution in [1.82, 2.24) is 14.9 Å². The molecular formula is C14H21N3O3S. The van der Waals surface area contributed by atoms with Gasteiger partial charge in [0.2, 0.25) is 0 Å². The quantitative estimate of drug-likeness (QED) is 0.833. The number of likely N-dealkylation sites (N-methyl/N-ethyl adjacent to an activating group) is 1. The van der Waals surface area contributed by atoms with Crippen LogP contribution in [0.1, 0.15) is 16.3 Å². The number of fused-ring (bicyclic) bond motifs is 1. The SMILES string of the molecule is COCC(O)CN(C)Cc1nc2sc(C)c(C)c2c(=O)[nH]1. The lowest BCUT2D eigenvalue weighted by molar-refractivity contribution is 0.0414. The molecule has 0 aliphatic heterocycles. The standard InChI is InChI=1S/C14H21N3O3S/c1-8-9(2)21-14-12(8)13(19)15-11(16-14)6-17(3)5-10(18)7-20-4/h10,18H,5-7H2,1-4H3,(H,15,16,19). The summed E-state index contributed by atoms with van der Waals surface area (Å²) in [6.45, 7) is 5.16. The summed E-state index contributed by atoms with van der Waals surface area (Å²) in [5.74, 6) is 0.612. The Kier molecular flexibility index (Phi) is 5.10. The van der Waals surface area contributed by atoms with Gasteiger partial charge < -0.3 is 14.8 Å². The van der Waals surface area contributed by atoms with Crippen molar-refractivity contribution in [3.05, 3.63) is 26.6 Å². The minimum Gasteiger partial charge on any atom is -0.389 e. The highest BCUT2D eigenvalue weighted by Gasteiger charge is 2.14. The average molecular weight is 311 g/mol. The molecule has 0 saturated carbocycles. The molecule has 0 spiro atoms. The van der Waals surface area contributed by atoms with Crippen molar-refractivity contribution in [3.8, 4) is 0 Å². The van der Waals surface area contributed by atoms with Crippen LogP contribution in [-0.2, 0) is 11.3 Å². The molecule has 0 amide bonds. The molecule has 116 valence electrons. The minimum absolute atomic E-state index is 0.0947. The summed E-state index contributed by atoms with van der Waals surface area (Å²) in [5.41, 5.74) is 0.905. The van der Waals surface area contributed by atoms with E-state index in [0.717, 1.165) is 15.3 Å². The molecule has 1 atom stereocenters. The van der Waals surface area contributed by atoms with Crippen LogP contribution in [-0.4, -0.2) is 53.4 Å². The molecule has 1 unspecified atom stereocenters. The molecule has 0 aliphatic rings. The number of aromatic nitrogens is 2. The van der Waals surface area contributed by atoms with Crippen molar-refractivity contribution in [3.63, 3.8) is 0 Å². The maximum Gasteiger partial charge on any atom is 0.259 e. The molecule has 2 N–H and O–H groups in total. The van der Waals surface area contributed by atoms with E-state index in [4.69, 9.17) is 4.74 Å². The van der Waals surface area contributed by atoms with E-state index < -0.39 is 6.10 Å². The second-order valence-electron chi connectivity index (χ2n) is 5.28. The Morgan fingerprint density at radius 3 is 2.86 bits per heavy atom. The van der Waals surface area contributed by atoms with Crippen LogP contribution in [0.3, 0.4) is 0 Å². The molecule has 2 heterocycles. The van der Waals surface area contributed by atoms with E-state index in [9.17, 15) is 9.90 Å². The first-order valence-electron chi connectivity index (χ1n) is 6.76. The van der Waals surface area contributed by atoms with Gasteiger partial charge in [0.1, 0.15) is 10.7 Å². The number of ether oxygens (including phenoxy) is 1. The minimum atomic E-state index is -0.554. The number of aromatic amines is 1. The molecule has 0 radical (unpaired) electrons. The molecule has 7 heteroatoms. The molecule has 2 aromatic rings. The lowest BCUT2D eigenvalue weighted by Gasteiger charge is -2.19. The van der Waals surface area contributed by atoms with E-state index in [1.807, 2.05) is 25.8 Å². The predicted octanol–water partition coefficient (Wildman–Crippen LogP) is 1.04. The second kappa shape index (κ2) is 6.65. The van der Waals surface area contributed by atoms with E-state index >= 15 is 0 Å². The fourth-order valence-corrected chi connectivity index (χ4v) is 3.35. The van der Waals surface area contributed by atoms with Gasteiger partial charge in [-0.1, -0.05) is 0 Å². The Morgan fingerprint density at radius 2 is 2.19 bits per heavy atom. The van der Waals surface area contributed by atoms with Gasteiger partial charge in [-0.25, -0.2) is 4.98 Å². The molecular weight excluding hydrogens is 290 g/mol. The third-order valence-corrected chi connectivity index (χ3v) is 4.49. The number of hydrogen-bond donors (Lipinski definition) is 2. The summed E-state index contributed by atoms with van der Waals surface area (Å²) in [5, 5.41) is 10.4. The lowest BCUT2D eigenvalue weighted by Crippen LogP contribution is -2.32. The van der Waals surface area contributed by atoms with Crippen LogP contribution >= 0.6 is 11.3 Å². The van der Waals surface area contributed by atoms with Crippen molar-refractivity contribution in [2.45, 2.75) is 26.5 Å². The van der Waals surface area contributed by atoms with Crippen LogP contribution in [0.4, 0.5) is 0 Å². The summed E-state index contributed by atoms with van der Waals surface area (Å²) in [4.78, 5) is 23.3. The molecule has 0 fully saturated rings. The number of aliphatic hydroxyl groups excluding tert-OH is 1. The number of thiophene rings is 1. The van der Waals surface area contributed by atoms with Crippen LogP contribution in [0.25, 0.3) is 10.2 Å². The van der Waals surface area contributed by atoms with Gasteiger partial charge in [0, 0.05) is 18.5 Å². The largest absolute Gasteiger partial charge is 0.389 e. The van der Waals surface area contributed by atoms with Crippen LogP contribution < -0.4 is 5.56 Å². The topological polar surface area (TPSA) is 78.5 Å². The van der Waals surface area contributed by atoms with Gasteiger partial charge in [-0.15, -0.1) is 11.3 Å². The summed E-state index contributed by atoms with van der Waals surface area (Å²) in [7, 11) is 3.42. The highest BCUT2D eigenvalue weighted by Crippen LogP contribution is 2.25. The predicted molar refractivity (Wildman–Crippen MR) is 83.9 cm³/mol. The fraction of sp³-hybridized carbons (Fsp3) is 0.571. The second-order valence-corrected chi connectivity index (χ2v) is 6.49. The van der Waals surface area contributed by atoms with E-state index in [-0.39, 0.29) is 12.2 Å². The first-order valence-corrected chi connectivity index (χ1v) is 7.58. The van der Waals surface area contributed by atoms with Crippen LogP contribution in [0, 0.1) is 13.8 Å². The smallest absolute Gasteiger partial charge is 0.259 e. The van der Waals surface area contributed by atoms with Crippen molar-refractivity contribution < 1.29 is 9.84 Å². The number of aliphatic hydroxyl groups is 1. The zero-order chi connectivity index (χ0) is 15.6. The molecule has 21 heavy (non-hydrogen) atoms. The molecule has 0 aromatic carbocycles. The first-order chi connectivity index (χ1) is 9.92. The van der Waals surface area contributed by atoms with Crippen LogP contribution in [0.2, 0.25) is 0 Å². The van der Waals surface area contributed by atoms with Gasteiger partial charge in [-0.05, 0) is 26.5 Å². The van der Waals surface area contributed by atoms with Crippen molar-refractivity contribution in [2.75, 3.05) is 27.3 Å². The molecule has 0 aliphatic carbocycles. The number of hydrogen-bond acceptors (Lipinski definition) is 6. The van der Waals surface area contributed by atoms with E-state index in [2.05, 4.69) is 9.97 Å². The van der Waals surface area contributed by atoms with Crippen LogP contribution in [0.5, 0.6) is 0 Å². The van der Waals surface area contributed by atoms with Gasteiger partial charge in [0.05, 0.1) is 24.6 Å². The molecule has 0 bridgehead atoms. The van der Waals surface area contributed by atoms with E-state index in [1.54, 1.807) is 7.11 Å². The number of H-pyrrole nitrogens is 1. The molecule has 2 aromatic heterocycles. The van der Waals surface area contributed by atoms with Gasteiger partial charge in [-0.3, -0.25) is 9.69 Å². The maximum atomic E-state index is 12.2. The third-order valence-electron chi connectivity index (χ3n) is 3.39. The van der Waals surface area contributed by atoms with Crippen molar-refractivity contribution in [2.24, 2.45) is 0 Å². The first kappa shape index (κ1) is 16.1. The van der Waals surface area contributed by atoms with Gasteiger partial charge >= 0.3 is 0 Å². The number of aryl methyl sites for hydroxylation is 2. The number of methoxy groups -OCH3 is 1. The van der Waals surface area contributed by atoms with E-state index in [0.29, 0.717) is 24.3 Å². The monoisotopic (exact) mass is 311 g/mol. The third kappa shape index (κ3) is 3.68.